The van der Waals surface area contributed by atoms with Gasteiger partial charge >= 0.3 is 6.18 Å². The van der Waals surface area contributed by atoms with E-state index < -0.39 is 27.0 Å². The minimum absolute atomic E-state index is 0.107. The van der Waals surface area contributed by atoms with Gasteiger partial charge in [-0.1, -0.05) is 0 Å². The first-order chi connectivity index (χ1) is 14.6. The van der Waals surface area contributed by atoms with Crippen LogP contribution in [0, 0.1) is 0 Å². The van der Waals surface area contributed by atoms with Gasteiger partial charge in [-0.3, -0.25) is 10.9 Å². The van der Waals surface area contributed by atoms with Crippen molar-refractivity contribution in [1.82, 2.24) is 25.4 Å². The molecule has 31 heavy (non-hydrogen) atoms. The quantitative estimate of drug-likeness (QED) is 0.725. The molecule has 2 aliphatic rings. The highest BCUT2D eigenvalue weighted by molar-refractivity contribution is 7.89. The second-order valence-electron chi connectivity index (χ2n) is 8.09. The van der Waals surface area contributed by atoms with Crippen LogP contribution in [0.1, 0.15) is 44.1 Å². The summed E-state index contributed by atoms with van der Waals surface area (Å²) in [6.45, 7) is 4.31. The summed E-state index contributed by atoms with van der Waals surface area (Å²) in [5.41, 5.74) is 5.56. The Morgan fingerprint density at radius 2 is 1.74 bits per heavy atom. The van der Waals surface area contributed by atoms with Crippen LogP contribution in [0.4, 0.5) is 13.2 Å². The summed E-state index contributed by atoms with van der Waals surface area (Å²) in [4.78, 5) is 0. The molecule has 3 atom stereocenters. The van der Waals surface area contributed by atoms with Crippen molar-refractivity contribution in [2.45, 2.75) is 56.1 Å². The van der Waals surface area contributed by atoms with Crippen LogP contribution in [-0.2, 0) is 16.2 Å². The van der Waals surface area contributed by atoms with Gasteiger partial charge in [-0.15, -0.1) is 10.2 Å². The Kier molecular flexibility index (Phi) is 5.83. The molecule has 170 valence electrons. The van der Waals surface area contributed by atoms with Crippen molar-refractivity contribution in [2.24, 2.45) is 0 Å². The fourth-order valence-electron chi connectivity index (χ4n) is 4.24. The summed E-state index contributed by atoms with van der Waals surface area (Å²) in [6, 6.07) is 4.02. The zero-order chi connectivity index (χ0) is 22.4. The zero-order valence-corrected chi connectivity index (χ0v) is 17.9. The molecule has 1 aromatic carbocycles. The van der Waals surface area contributed by atoms with E-state index in [2.05, 4.69) is 21.0 Å². The number of halogens is 3. The van der Waals surface area contributed by atoms with Gasteiger partial charge in [-0.05, 0) is 51.0 Å². The summed E-state index contributed by atoms with van der Waals surface area (Å²) in [5, 5.41) is 7.42. The molecule has 4 rings (SSSR count). The number of hydrogen-bond acceptors (Lipinski definition) is 7. The summed E-state index contributed by atoms with van der Waals surface area (Å²) >= 11 is 0. The third-order valence-electron chi connectivity index (χ3n) is 5.86. The van der Waals surface area contributed by atoms with Crippen LogP contribution in [0.5, 0.6) is 0 Å². The van der Waals surface area contributed by atoms with E-state index in [0.717, 1.165) is 12.1 Å². The molecule has 12 heteroatoms. The van der Waals surface area contributed by atoms with Gasteiger partial charge in [0.2, 0.25) is 21.8 Å². The SMILES string of the molecule is CC1NNC(C)C1S(=O)(=O)N1CCCC(c2nnc(-c3ccc(C(F)(F)F)cc3)o2)C1. The summed E-state index contributed by atoms with van der Waals surface area (Å²) < 4.78 is 71.9. The molecule has 2 aliphatic heterocycles. The molecule has 2 fully saturated rings. The number of nitrogens with zero attached hydrogens (tertiary/aromatic N) is 3. The van der Waals surface area contributed by atoms with E-state index in [1.807, 2.05) is 13.8 Å². The first kappa shape index (κ1) is 22.2. The minimum Gasteiger partial charge on any atom is -0.420 e. The van der Waals surface area contributed by atoms with Crippen molar-refractivity contribution in [2.75, 3.05) is 13.1 Å². The maximum Gasteiger partial charge on any atom is 0.416 e. The Hall–Kier alpha value is -2.02. The van der Waals surface area contributed by atoms with Gasteiger partial charge in [0.1, 0.15) is 5.25 Å². The van der Waals surface area contributed by atoms with Crippen molar-refractivity contribution < 1.29 is 26.0 Å². The summed E-state index contributed by atoms with van der Waals surface area (Å²) in [6.07, 6.45) is -3.08. The Balaban J connectivity index is 1.50. The second-order valence-corrected chi connectivity index (χ2v) is 10.2. The number of alkyl halides is 3. The first-order valence-corrected chi connectivity index (χ1v) is 11.6. The van der Waals surface area contributed by atoms with Crippen LogP contribution < -0.4 is 10.9 Å². The molecule has 0 amide bonds. The van der Waals surface area contributed by atoms with Crippen LogP contribution >= 0.6 is 0 Å². The molecule has 8 nitrogen and oxygen atoms in total. The van der Waals surface area contributed by atoms with E-state index in [9.17, 15) is 21.6 Å². The smallest absolute Gasteiger partial charge is 0.416 e. The molecule has 0 bridgehead atoms. The molecule has 0 spiro atoms. The Bertz CT molecular complexity index is 1020. The van der Waals surface area contributed by atoms with Crippen LogP contribution in [0.25, 0.3) is 11.5 Å². The van der Waals surface area contributed by atoms with E-state index in [0.29, 0.717) is 30.8 Å². The second kappa shape index (κ2) is 8.15. The number of nitrogens with one attached hydrogen (secondary N) is 2. The van der Waals surface area contributed by atoms with Gasteiger partial charge in [0.25, 0.3) is 0 Å². The van der Waals surface area contributed by atoms with E-state index in [1.54, 1.807) is 0 Å². The zero-order valence-electron chi connectivity index (χ0n) is 17.1. The van der Waals surface area contributed by atoms with Gasteiger partial charge in [-0.25, -0.2) is 12.7 Å². The number of benzene rings is 1. The average molecular weight is 459 g/mol. The van der Waals surface area contributed by atoms with Crippen molar-refractivity contribution in [1.29, 1.82) is 0 Å². The molecule has 2 aromatic rings. The van der Waals surface area contributed by atoms with Gasteiger partial charge in [-0.2, -0.15) is 13.2 Å². The topological polar surface area (TPSA) is 100 Å². The lowest BCUT2D eigenvalue weighted by Gasteiger charge is -2.33. The van der Waals surface area contributed by atoms with Crippen LogP contribution in [0.3, 0.4) is 0 Å². The standard InChI is InChI=1S/C19H24F3N5O3S/c1-11-16(12(2)24-23-11)31(28,29)27-9-3-4-14(10-27)18-26-25-17(30-18)13-5-7-15(8-6-13)19(20,21)22/h5-8,11-12,14,16,23-24H,3-4,9-10H2,1-2H3. The number of rotatable bonds is 4. The highest BCUT2D eigenvalue weighted by Gasteiger charge is 2.45. The van der Waals surface area contributed by atoms with E-state index in [4.69, 9.17) is 4.42 Å². The Morgan fingerprint density at radius 1 is 1.10 bits per heavy atom. The predicted octanol–water partition coefficient (Wildman–Crippen LogP) is 2.52. The van der Waals surface area contributed by atoms with E-state index in [-0.39, 0.29) is 30.4 Å². The summed E-state index contributed by atoms with van der Waals surface area (Å²) in [7, 11) is -3.55. The molecule has 2 saturated heterocycles. The van der Waals surface area contributed by atoms with Crippen LogP contribution in [-0.4, -0.2) is 53.3 Å². The fourth-order valence-corrected chi connectivity index (χ4v) is 6.52. The monoisotopic (exact) mass is 459 g/mol. The van der Waals surface area contributed by atoms with E-state index in [1.165, 1.54) is 16.4 Å². The maximum absolute atomic E-state index is 13.2. The van der Waals surface area contributed by atoms with Crippen LogP contribution in [0.15, 0.2) is 28.7 Å². The van der Waals surface area contributed by atoms with Gasteiger partial charge in [0, 0.05) is 30.7 Å². The first-order valence-electron chi connectivity index (χ1n) is 10.1. The molecule has 3 heterocycles. The molecular formula is C19H24F3N5O3S. The fraction of sp³-hybridized carbons (Fsp3) is 0.579. The largest absolute Gasteiger partial charge is 0.420 e. The number of aromatic nitrogens is 2. The lowest BCUT2D eigenvalue weighted by molar-refractivity contribution is -0.137. The van der Waals surface area contributed by atoms with Crippen molar-refractivity contribution in [3.05, 3.63) is 35.7 Å². The Labute approximate surface area is 178 Å². The Morgan fingerprint density at radius 3 is 2.35 bits per heavy atom. The lowest BCUT2D eigenvalue weighted by atomic mass is 10.00. The number of hydrogen-bond donors (Lipinski definition) is 2. The van der Waals surface area contributed by atoms with Gasteiger partial charge in [0.05, 0.1) is 11.5 Å². The lowest BCUT2D eigenvalue weighted by Crippen LogP contribution is -2.49. The predicted molar refractivity (Wildman–Crippen MR) is 106 cm³/mol. The third kappa shape index (κ3) is 4.34. The highest BCUT2D eigenvalue weighted by Crippen LogP contribution is 2.33. The van der Waals surface area contributed by atoms with Crippen molar-refractivity contribution in [3.8, 4) is 11.5 Å². The molecule has 2 N–H and O–H groups in total. The average Bonchev–Trinajstić information content (AvgIpc) is 3.35. The van der Waals surface area contributed by atoms with Crippen LogP contribution in [0.2, 0.25) is 0 Å². The highest BCUT2D eigenvalue weighted by atomic mass is 32.2. The van der Waals surface area contributed by atoms with Crippen molar-refractivity contribution in [3.63, 3.8) is 0 Å². The third-order valence-corrected chi connectivity index (χ3v) is 8.42. The molecular weight excluding hydrogens is 435 g/mol. The summed E-state index contributed by atoms with van der Waals surface area (Å²) in [5.74, 6) is 0.126. The molecule has 0 aliphatic carbocycles. The molecule has 3 unspecified atom stereocenters. The molecule has 0 saturated carbocycles. The minimum atomic E-state index is -4.42. The number of hydrazine groups is 1. The number of piperidine rings is 1. The van der Waals surface area contributed by atoms with Gasteiger partial charge in [0.15, 0.2) is 0 Å². The number of sulfonamides is 1. The molecule has 1 aromatic heterocycles. The van der Waals surface area contributed by atoms with Gasteiger partial charge < -0.3 is 4.42 Å². The molecule has 0 radical (unpaired) electrons. The maximum atomic E-state index is 13.2. The normalized spacial score (nSPS) is 28.2. The van der Waals surface area contributed by atoms with Crippen molar-refractivity contribution >= 4 is 10.0 Å². The van der Waals surface area contributed by atoms with E-state index >= 15 is 0 Å².